The zero-order valence-electron chi connectivity index (χ0n) is 18.9. The monoisotopic (exact) mass is 637 g/mol. The van der Waals surface area contributed by atoms with Crippen molar-refractivity contribution < 1.29 is 31.2 Å². The molecule has 2 aromatic rings. The number of benzene rings is 2. The van der Waals surface area contributed by atoms with Gasteiger partial charge in [-0.2, -0.15) is 13.2 Å². The first kappa shape index (κ1) is 30.3. The van der Waals surface area contributed by atoms with Crippen LogP contribution in [0.1, 0.15) is 35.2 Å². The van der Waals surface area contributed by atoms with E-state index in [1.807, 2.05) is 0 Å². The molecule has 3 rings (SSSR count). The Kier molecular flexibility index (Phi) is 9.09. The summed E-state index contributed by atoms with van der Waals surface area (Å²) in [4.78, 5) is 25.7. The third-order valence-electron chi connectivity index (χ3n) is 5.57. The van der Waals surface area contributed by atoms with E-state index in [2.05, 4.69) is 5.32 Å². The van der Waals surface area contributed by atoms with Gasteiger partial charge in [-0.15, -0.1) is 23.2 Å². The van der Waals surface area contributed by atoms with Gasteiger partial charge in [0.15, 0.2) is 15.6 Å². The van der Waals surface area contributed by atoms with E-state index in [0.29, 0.717) is 15.6 Å². The van der Waals surface area contributed by atoms with Crippen LogP contribution in [0.25, 0.3) is 0 Å². The Balaban J connectivity index is 1.70. The lowest BCUT2D eigenvalue weighted by atomic mass is 10.0. The van der Waals surface area contributed by atoms with E-state index in [1.54, 1.807) is 12.1 Å². The van der Waals surface area contributed by atoms with Gasteiger partial charge in [-0.3, -0.25) is 9.59 Å². The van der Waals surface area contributed by atoms with E-state index in [9.17, 15) is 31.2 Å². The second-order valence-corrected chi connectivity index (χ2v) is 13.8. The molecular weight excluding hydrogens is 621 g/mol. The average Bonchev–Trinajstić information content (AvgIpc) is 3.28. The van der Waals surface area contributed by atoms with Crippen molar-refractivity contribution in [3.05, 3.63) is 62.6 Å². The van der Waals surface area contributed by atoms with E-state index >= 15 is 0 Å². The van der Waals surface area contributed by atoms with Gasteiger partial charge in [0.25, 0.3) is 0 Å². The molecule has 1 amide bonds. The number of carbonyl (C=O) groups is 2. The molecule has 0 saturated heterocycles. The van der Waals surface area contributed by atoms with Crippen LogP contribution in [-0.4, -0.2) is 42.1 Å². The number of hydrogen-bond acceptors (Lipinski definition) is 4. The van der Waals surface area contributed by atoms with Crippen LogP contribution in [0.4, 0.5) is 18.9 Å². The zero-order valence-corrected chi connectivity index (χ0v) is 23.5. The van der Waals surface area contributed by atoms with Gasteiger partial charge in [0.2, 0.25) is 5.91 Å². The molecule has 5 nitrogen and oxygen atoms in total. The second kappa shape index (κ2) is 11.1. The average molecular weight is 640 g/mol. The number of ketones is 1. The summed E-state index contributed by atoms with van der Waals surface area (Å²) in [5, 5.41) is 3.34. The largest absolute Gasteiger partial charge is 0.402 e. The standard InChI is InChI=1S/C23H19Cl5F3NO4S/c1-11(9-37(35,36)10-22(29,30)31)4-18(33)16-8-15(2-3-17(16)26)32-21(34)20-19(23(20,27)28)12-5-13(24)7-14(25)6-12/h2-3,5-8,11,19-20H,4,9-10H2,1H3,(H,32,34)/t11-,19?,20?/m0/s1. The molecule has 1 N–H and O–H groups in total. The SMILES string of the molecule is C[C@@H](CC(=O)c1cc(NC(=O)C2C(c3cc(Cl)cc(Cl)c3)C2(Cl)Cl)ccc1Cl)CS(=O)(=O)CC(F)(F)F. The van der Waals surface area contributed by atoms with Crippen molar-refractivity contribution in [2.24, 2.45) is 11.8 Å². The topological polar surface area (TPSA) is 80.3 Å². The first-order valence-electron chi connectivity index (χ1n) is 10.6. The summed E-state index contributed by atoms with van der Waals surface area (Å²) in [6, 6.07) is 8.79. The van der Waals surface area contributed by atoms with Crippen LogP contribution in [0.15, 0.2) is 36.4 Å². The summed E-state index contributed by atoms with van der Waals surface area (Å²) in [5.41, 5.74) is 0.731. The van der Waals surface area contributed by atoms with Crippen molar-refractivity contribution in [3.63, 3.8) is 0 Å². The maximum Gasteiger partial charge on any atom is 0.402 e. The van der Waals surface area contributed by atoms with Crippen LogP contribution < -0.4 is 5.32 Å². The number of halogens is 8. The highest BCUT2D eigenvalue weighted by Crippen LogP contribution is 2.65. The number of sulfone groups is 1. The van der Waals surface area contributed by atoms with Gasteiger partial charge in [-0.1, -0.05) is 41.7 Å². The quantitative estimate of drug-likeness (QED) is 0.230. The second-order valence-electron chi connectivity index (χ2n) is 8.92. The fourth-order valence-corrected chi connectivity index (χ4v) is 7.28. The summed E-state index contributed by atoms with van der Waals surface area (Å²) in [6.07, 6.45) is -5.25. The Morgan fingerprint density at radius 3 is 2.22 bits per heavy atom. The molecule has 14 heteroatoms. The number of carbonyl (C=O) groups excluding carboxylic acids is 2. The molecule has 0 aromatic heterocycles. The minimum Gasteiger partial charge on any atom is -0.326 e. The van der Waals surface area contributed by atoms with Crippen LogP contribution in [0.2, 0.25) is 15.1 Å². The van der Waals surface area contributed by atoms with E-state index < -0.39 is 61.3 Å². The lowest BCUT2D eigenvalue weighted by Crippen LogP contribution is -2.28. The molecule has 0 spiro atoms. The number of anilines is 1. The lowest BCUT2D eigenvalue weighted by molar-refractivity contribution is -0.117. The Hall–Kier alpha value is -1.23. The number of rotatable bonds is 9. The van der Waals surface area contributed by atoms with Crippen molar-refractivity contribution >= 4 is 85.2 Å². The molecule has 2 unspecified atom stereocenters. The van der Waals surface area contributed by atoms with Gasteiger partial charge >= 0.3 is 6.18 Å². The van der Waals surface area contributed by atoms with Crippen molar-refractivity contribution in [3.8, 4) is 0 Å². The van der Waals surface area contributed by atoms with Crippen LogP contribution in [0.3, 0.4) is 0 Å². The highest BCUT2D eigenvalue weighted by atomic mass is 35.5. The van der Waals surface area contributed by atoms with Gasteiger partial charge < -0.3 is 5.32 Å². The predicted molar refractivity (Wildman–Crippen MR) is 140 cm³/mol. The molecule has 0 bridgehead atoms. The van der Waals surface area contributed by atoms with Gasteiger partial charge in [0, 0.05) is 33.6 Å². The van der Waals surface area contributed by atoms with Crippen LogP contribution in [0.5, 0.6) is 0 Å². The molecule has 37 heavy (non-hydrogen) atoms. The Bertz CT molecular complexity index is 1310. The zero-order chi connectivity index (χ0) is 27.9. The Labute approximate surface area is 236 Å². The van der Waals surface area contributed by atoms with Crippen molar-refractivity contribution in [2.75, 3.05) is 16.8 Å². The number of alkyl halides is 5. The van der Waals surface area contributed by atoms with Crippen molar-refractivity contribution in [1.82, 2.24) is 0 Å². The molecule has 202 valence electrons. The molecule has 0 aliphatic heterocycles. The number of hydrogen-bond donors (Lipinski definition) is 1. The summed E-state index contributed by atoms with van der Waals surface area (Å²) < 4.78 is 59.5. The van der Waals surface area contributed by atoms with Crippen molar-refractivity contribution in [2.45, 2.75) is 29.8 Å². The molecule has 2 aromatic carbocycles. The third-order valence-corrected chi connectivity index (χ3v) is 9.12. The molecule has 1 saturated carbocycles. The third kappa shape index (κ3) is 7.90. The molecule has 0 radical (unpaired) electrons. The van der Waals surface area contributed by atoms with E-state index in [0.717, 1.165) is 0 Å². The first-order valence-corrected chi connectivity index (χ1v) is 14.4. The maximum absolute atomic E-state index is 12.9. The molecule has 3 atom stereocenters. The Morgan fingerprint density at radius 2 is 1.65 bits per heavy atom. The molecule has 0 heterocycles. The first-order chi connectivity index (χ1) is 16.9. The molecule has 1 fully saturated rings. The van der Waals surface area contributed by atoms with Gasteiger partial charge in [-0.25, -0.2) is 8.42 Å². The highest BCUT2D eigenvalue weighted by molar-refractivity contribution is 7.91. The summed E-state index contributed by atoms with van der Waals surface area (Å²) in [5.74, 6) is -6.29. The number of Topliss-reactive ketones (excluding diaryl/α,β-unsaturated/α-hetero) is 1. The molecule has 1 aliphatic rings. The minimum atomic E-state index is -4.87. The Morgan fingerprint density at radius 1 is 1.05 bits per heavy atom. The fraction of sp³-hybridized carbons (Fsp3) is 0.391. The number of amides is 1. The fourth-order valence-electron chi connectivity index (χ4n) is 4.09. The molecular formula is C23H19Cl5F3NO4S. The van der Waals surface area contributed by atoms with E-state index in [1.165, 1.54) is 31.2 Å². The normalized spacial score (nSPS) is 19.8. The molecule has 1 aliphatic carbocycles. The van der Waals surface area contributed by atoms with Crippen molar-refractivity contribution in [1.29, 1.82) is 0 Å². The maximum atomic E-state index is 12.9. The minimum absolute atomic E-state index is 0.0234. The van der Waals surface area contributed by atoms with E-state index in [-0.39, 0.29) is 22.7 Å². The van der Waals surface area contributed by atoms with Gasteiger partial charge in [0.1, 0.15) is 10.1 Å². The van der Waals surface area contributed by atoms with Crippen LogP contribution in [0, 0.1) is 11.8 Å². The number of nitrogens with one attached hydrogen (secondary N) is 1. The summed E-state index contributed by atoms with van der Waals surface area (Å²) >= 11 is 30.9. The summed E-state index contributed by atoms with van der Waals surface area (Å²) in [6.45, 7) is 1.35. The smallest absolute Gasteiger partial charge is 0.326 e. The van der Waals surface area contributed by atoms with Crippen LogP contribution in [-0.2, 0) is 14.6 Å². The summed E-state index contributed by atoms with van der Waals surface area (Å²) in [7, 11) is -4.46. The highest BCUT2D eigenvalue weighted by Gasteiger charge is 2.67. The van der Waals surface area contributed by atoms with Crippen LogP contribution >= 0.6 is 58.0 Å². The predicted octanol–water partition coefficient (Wildman–Crippen LogP) is 7.36. The van der Waals surface area contributed by atoms with Gasteiger partial charge in [0.05, 0.1) is 16.7 Å². The van der Waals surface area contributed by atoms with Gasteiger partial charge in [-0.05, 0) is 47.9 Å². The van der Waals surface area contributed by atoms with E-state index in [4.69, 9.17) is 58.0 Å². The lowest BCUT2D eigenvalue weighted by Gasteiger charge is -2.14.